The summed E-state index contributed by atoms with van der Waals surface area (Å²) in [7, 11) is -3.92. The monoisotopic (exact) mass is 296 g/mol. The Bertz CT molecular complexity index is 649. The van der Waals surface area contributed by atoms with Crippen molar-refractivity contribution in [2.24, 2.45) is 0 Å². The van der Waals surface area contributed by atoms with Gasteiger partial charge in [0.25, 0.3) is 0 Å². The van der Waals surface area contributed by atoms with Crippen molar-refractivity contribution in [3.8, 4) is 6.07 Å². The molecule has 1 aromatic carbocycles. The topological polar surface area (TPSA) is 125 Å². The molecule has 1 aromatic rings. The van der Waals surface area contributed by atoms with E-state index in [4.69, 9.17) is 11.0 Å². The third-order valence-electron chi connectivity index (χ3n) is 2.50. The van der Waals surface area contributed by atoms with Gasteiger partial charge in [-0.3, -0.25) is 4.79 Å². The number of benzene rings is 1. The van der Waals surface area contributed by atoms with Crippen molar-refractivity contribution < 1.29 is 13.2 Å². The second kappa shape index (κ2) is 6.36. The molecule has 1 unspecified atom stereocenters. The number of hydrogen-bond acceptors (Lipinski definition) is 5. The first-order chi connectivity index (χ1) is 9.31. The Kier molecular flexibility index (Phi) is 5.07. The lowest BCUT2D eigenvalue weighted by Crippen LogP contribution is -2.44. The first-order valence-electron chi connectivity index (χ1n) is 5.91. The van der Waals surface area contributed by atoms with Gasteiger partial charge in [-0.15, -0.1) is 0 Å². The van der Waals surface area contributed by atoms with Crippen LogP contribution in [-0.2, 0) is 14.8 Å². The van der Waals surface area contributed by atoms with Gasteiger partial charge in [-0.05, 0) is 32.0 Å². The number of hydrogen-bond donors (Lipinski definition) is 3. The SMILES string of the molecule is CCNC(=O)C(C)NS(=O)(=O)c1ccc(C#N)cc1N. The summed E-state index contributed by atoms with van der Waals surface area (Å²) in [5, 5.41) is 11.2. The number of nitrogens with two attached hydrogens (primary N) is 1. The normalized spacial score (nSPS) is 12.4. The van der Waals surface area contributed by atoms with Crippen molar-refractivity contribution in [1.29, 1.82) is 5.26 Å². The maximum atomic E-state index is 12.1. The smallest absolute Gasteiger partial charge is 0.243 e. The number of amides is 1. The van der Waals surface area contributed by atoms with Crippen molar-refractivity contribution in [3.63, 3.8) is 0 Å². The zero-order valence-electron chi connectivity index (χ0n) is 11.2. The first-order valence-corrected chi connectivity index (χ1v) is 7.39. The van der Waals surface area contributed by atoms with Gasteiger partial charge >= 0.3 is 0 Å². The largest absolute Gasteiger partial charge is 0.398 e. The van der Waals surface area contributed by atoms with Gasteiger partial charge in [0.1, 0.15) is 4.90 Å². The fraction of sp³-hybridized carbons (Fsp3) is 0.333. The number of likely N-dealkylation sites (N-methyl/N-ethyl adjacent to an activating group) is 1. The Morgan fingerprint density at radius 1 is 1.50 bits per heavy atom. The van der Waals surface area contributed by atoms with Crippen molar-refractivity contribution in [1.82, 2.24) is 10.0 Å². The summed E-state index contributed by atoms with van der Waals surface area (Å²) < 4.78 is 26.5. The summed E-state index contributed by atoms with van der Waals surface area (Å²) in [6.45, 7) is 3.57. The number of sulfonamides is 1. The molecule has 0 saturated heterocycles. The highest BCUT2D eigenvalue weighted by atomic mass is 32.2. The average Bonchev–Trinajstić information content (AvgIpc) is 2.37. The Morgan fingerprint density at radius 2 is 2.15 bits per heavy atom. The molecule has 1 atom stereocenters. The van der Waals surface area contributed by atoms with Gasteiger partial charge in [-0.1, -0.05) is 0 Å². The third kappa shape index (κ3) is 3.69. The molecule has 0 aliphatic rings. The average molecular weight is 296 g/mol. The molecule has 0 aromatic heterocycles. The van der Waals surface area contributed by atoms with E-state index in [-0.39, 0.29) is 16.1 Å². The predicted molar refractivity (Wildman–Crippen MR) is 74.0 cm³/mol. The molecule has 0 spiro atoms. The van der Waals surface area contributed by atoms with Crippen LogP contribution in [0.4, 0.5) is 5.69 Å². The second-order valence-electron chi connectivity index (χ2n) is 4.10. The third-order valence-corrected chi connectivity index (χ3v) is 4.12. The molecule has 0 aliphatic carbocycles. The van der Waals surface area contributed by atoms with Crippen LogP contribution < -0.4 is 15.8 Å². The van der Waals surface area contributed by atoms with Gasteiger partial charge in [0.15, 0.2) is 0 Å². The number of carbonyl (C=O) groups is 1. The molecular formula is C12H16N4O3S. The fourth-order valence-corrected chi connectivity index (χ4v) is 2.86. The molecule has 7 nitrogen and oxygen atoms in total. The molecule has 0 saturated carbocycles. The summed E-state index contributed by atoms with van der Waals surface area (Å²) >= 11 is 0. The van der Waals surface area contributed by atoms with E-state index in [1.54, 1.807) is 6.92 Å². The molecule has 4 N–H and O–H groups in total. The van der Waals surface area contributed by atoms with Gasteiger partial charge in [-0.25, -0.2) is 8.42 Å². The number of nitrogens with one attached hydrogen (secondary N) is 2. The molecule has 1 amide bonds. The van der Waals surface area contributed by atoms with Gasteiger partial charge in [0, 0.05) is 6.54 Å². The predicted octanol–water partition coefficient (Wildman–Crippen LogP) is -0.0566. The van der Waals surface area contributed by atoms with Gasteiger partial charge in [0.2, 0.25) is 15.9 Å². The zero-order chi connectivity index (χ0) is 15.3. The van der Waals surface area contributed by atoms with E-state index < -0.39 is 22.0 Å². The lowest BCUT2D eigenvalue weighted by molar-refractivity contribution is -0.122. The van der Waals surface area contributed by atoms with E-state index >= 15 is 0 Å². The molecule has 20 heavy (non-hydrogen) atoms. The van der Waals surface area contributed by atoms with E-state index in [0.717, 1.165) is 0 Å². The molecule has 108 valence electrons. The minimum absolute atomic E-state index is 0.0420. The van der Waals surface area contributed by atoms with Gasteiger partial charge in [-0.2, -0.15) is 9.98 Å². The number of anilines is 1. The number of nitrogens with zero attached hydrogens (tertiary/aromatic N) is 1. The van der Waals surface area contributed by atoms with Crippen LogP contribution in [0.1, 0.15) is 19.4 Å². The lowest BCUT2D eigenvalue weighted by atomic mass is 10.2. The van der Waals surface area contributed by atoms with E-state index in [0.29, 0.717) is 6.54 Å². The second-order valence-corrected chi connectivity index (χ2v) is 5.78. The molecule has 0 bridgehead atoms. The minimum atomic E-state index is -3.92. The maximum absolute atomic E-state index is 12.1. The highest BCUT2D eigenvalue weighted by molar-refractivity contribution is 7.89. The Morgan fingerprint density at radius 3 is 2.65 bits per heavy atom. The lowest BCUT2D eigenvalue weighted by Gasteiger charge is -2.14. The molecule has 8 heteroatoms. The van der Waals surface area contributed by atoms with Crippen LogP contribution in [0.25, 0.3) is 0 Å². The molecule has 1 rings (SSSR count). The Balaban J connectivity index is 3.01. The standard InChI is InChI=1S/C12H16N4O3S/c1-3-15-12(17)8(2)16-20(18,19)11-5-4-9(7-13)6-10(11)14/h4-6,8,16H,3,14H2,1-2H3,(H,15,17). The van der Waals surface area contributed by atoms with Crippen molar-refractivity contribution >= 4 is 21.6 Å². The summed E-state index contributed by atoms with van der Waals surface area (Å²) in [4.78, 5) is 11.4. The quantitative estimate of drug-likeness (QED) is 0.657. The minimum Gasteiger partial charge on any atom is -0.398 e. The molecular weight excluding hydrogens is 280 g/mol. The number of nitriles is 1. The van der Waals surface area contributed by atoms with Gasteiger partial charge in [0.05, 0.1) is 23.4 Å². The highest BCUT2D eigenvalue weighted by Gasteiger charge is 2.23. The zero-order valence-corrected chi connectivity index (χ0v) is 12.0. The molecule has 0 aliphatic heterocycles. The summed E-state index contributed by atoms with van der Waals surface area (Å²) in [6.07, 6.45) is 0. The summed E-state index contributed by atoms with van der Waals surface area (Å²) in [6, 6.07) is 4.80. The molecule has 0 heterocycles. The fourth-order valence-electron chi connectivity index (χ4n) is 1.54. The van der Waals surface area contributed by atoms with Crippen LogP contribution in [0, 0.1) is 11.3 Å². The van der Waals surface area contributed by atoms with Crippen LogP contribution in [-0.4, -0.2) is 26.9 Å². The van der Waals surface area contributed by atoms with Crippen LogP contribution >= 0.6 is 0 Å². The van der Waals surface area contributed by atoms with E-state index in [9.17, 15) is 13.2 Å². The van der Waals surface area contributed by atoms with Gasteiger partial charge < -0.3 is 11.1 Å². The van der Waals surface area contributed by atoms with Crippen LogP contribution in [0.15, 0.2) is 23.1 Å². The van der Waals surface area contributed by atoms with E-state index in [1.807, 2.05) is 6.07 Å². The van der Waals surface area contributed by atoms with Crippen molar-refractivity contribution in [2.75, 3.05) is 12.3 Å². The van der Waals surface area contributed by atoms with Crippen LogP contribution in [0.2, 0.25) is 0 Å². The summed E-state index contributed by atoms with van der Waals surface area (Å²) in [5.41, 5.74) is 5.84. The number of carbonyl (C=O) groups excluding carboxylic acids is 1. The van der Waals surface area contributed by atoms with Crippen LogP contribution in [0.5, 0.6) is 0 Å². The number of nitrogen functional groups attached to an aromatic ring is 1. The number of rotatable bonds is 5. The summed E-state index contributed by atoms with van der Waals surface area (Å²) in [5.74, 6) is -0.428. The molecule has 0 fully saturated rings. The van der Waals surface area contributed by atoms with Crippen molar-refractivity contribution in [2.45, 2.75) is 24.8 Å². The maximum Gasteiger partial charge on any atom is 0.243 e. The van der Waals surface area contributed by atoms with Crippen LogP contribution in [0.3, 0.4) is 0 Å². The first kappa shape index (κ1) is 15.9. The highest BCUT2D eigenvalue weighted by Crippen LogP contribution is 2.19. The van der Waals surface area contributed by atoms with E-state index in [2.05, 4.69) is 10.0 Å². The van der Waals surface area contributed by atoms with E-state index in [1.165, 1.54) is 25.1 Å². The molecule has 0 radical (unpaired) electrons. The van der Waals surface area contributed by atoms with Crippen molar-refractivity contribution in [3.05, 3.63) is 23.8 Å². The Labute approximate surface area is 117 Å². The Hall–Kier alpha value is -2.11.